The Morgan fingerprint density at radius 3 is 2.36 bits per heavy atom. The van der Waals surface area contributed by atoms with E-state index in [0.717, 1.165) is 17.7 Å². The smallest absolute Gasteiger partial charge is 0.368 e. The molecular formula is C30H28F3N3O3. The van der Waals surface area contributed by atoms with Crippen molar-refractivity contribution < 1.29 is 27.5 Å². The molecule has 3 aliphatic rings. The molecule has 6 nitrogen and oxygen atoms in total. The molecule has 202 valence electrons. The van der Waals surface area contributed by atoms with Crippen molar-refractivity contribution in [2.24, 2.45) is 0 Å². The van der Waals surface area contributed by atoms with Gasteiger partial charge in [0.15, 0.2) is 5.72 Å². The molecule has 3 aromatic carbocycles. The number of nitrogens with zero attached hydrogens (tertiary/aromatic N) is 3. The van der Waals surface area contributed by atoms with Gasteiger partial charge in [0, 0.05) is 50.4 Å². The van der Waals surface area contributed by atoms with Gasteiger partial charge in [0.2, 0.25) is 5.91 Å². The van der Waals surface area contributed by atoms with E-state index in [1.807, 2.05) is 47.4 Å². The predicted octanol–water partition coefficient (Wildman–Crippen LogP) is 4.56. The first-order valence-corrected chi connectivity index (χ1v) is 13.1. The van der Waals surface area contributed by atoms with Crippen molar-refractivity contribution in [2.45, 2.75) is 24.2 Å². The second kappa shape index (κ2) is 9.72. The highest BCUT2D eigenvalue weighted by atomic mass is 19.4. The van der Waals surface area contributed by atoms with Gasteiger partial charge in [0.05, 0.1) is 12.2 Å². The van der Waals surface area contributed by atoms with E-state index in [1.54, 1.807) is 28.0 Å². The Morgan fingerprint density at radius 1 is 0.897 bits per heavy atom. The van der Waals surface area contributed by atoms with Crippen LogP contribution in [-0.4, -0.2) is 66.7 Å². The quantitative estimate of drug-likeness (QED) is 0.492. The van der Waals surface area contributed by atoms with Gasteiger partial charge in [-0.3, -0.25) is 9.59 Å². The van der Waals surface area contributed by atoms with Crippen LogP contribution in [0, 0.1) is 0 Å². The van der Waals surface area contributed by atoms with Gasteiger partial charge in [0.25, 0.3) is 5.91 Å². The van der Waals surface area contributed by atoms with E-state index in [1.165, 1.54) is 6.07 Å². The lowest BCUT2D eigenvalue weighted by Crippen LogP contribution is -2.62. The molecule has 0 unspecified atom stereocenters. The van der Waals surface area contributed by atoms with Crippen molar-refractivity contribution in [1.29, 1.82) is 0 Å². The number of hydrogen-bond acceptors (Lipinski definition) is 4. The molecule has 9 heteroatoms. The number of fused-ring (bicyclic) bond motifs is 2. The third kappa shape index (κ3) is 4.44. The number of amides is 2. The fraction of sp³-hybridized carbons (Fsp3) is 0.333. The van der Waals surface area contributed by atoms with Crippen LogP contribution in [0.3, 0.4) is 0 Å². The number of alkyl halides is 3. The summed E-state index contributed by atoms with van der Waals surface area (Å²) in [4.78, 5) is 33.2. The average Bonchev–Trinajstić information content (AvgIpc) is 3.37. The molecule has 0 aliphatic carbocycles. The van der Waals surface area contributed by atoms with E-state index >= 15 is 0 Å². The topological polar surface area (TPSA) is 53.1 Å². The molecule has 39 heavy (non-hydrogen) atoms. The largest absolute Gasteiger partial charge is 0.416 e. The zero-order chi connectivity index (χ0) is 27.2. The molecule has 0 saturated carbocycles. The number of piperazine rings is 1. The molecule has 0 radical (unpaired) electrons. The average molecular weight is 536 g/mol. The summed E-state index contributed by atoms with van der Waals surface area (Å²) in [6.45, 7) is 2.23. The summed E-state index contributed by atoms with van der Waals surface area (Å²) in [7, 11) is 0. The number of carbonyl (C=O) groups is 2. The van der Waals surface area contributed by atoms with Crippen LogP contribution in [0.15, 0.2) is 78.9 Å². The third-order valence-corrected chi connectivity index (χ3v) is 8.00. The van der Waals surface area contributed by atoms with E-state index in [4.69, 9.17) is 4.74 Å². The Hall–Kier alpha value is -3.85. The van der Waals surface area contributed by atoms with Crippen molar-refractivity contribution in [1.82, 2.24) is 9.80 Å². The maximum atomic E-state index is 14.3. The van der Waals surface area contributed by atoms with Crippen molar-refractivity contribution in [3.05, 3.63) is 101 Å². The molecule has 0 bridgehead atoms. The molecule has 3 aliphatic heterocycles. The molecule has 3 heterocycles. The first kappa shape index (κ1) is 25.4. The van der Waals surface area contributed by atoms with Crippen LogP contribution in [-0.2, 0) is 22.1 Å². The minimum Gasteiger partial charge on any atom is -0.368 e. The lowest BCUT2D eigenvalue weighted by atomic mass is 9.76. The lowest BCUT2D eigenvalue weighted by molar-refractivity contribution is -0.150. The monoisotopic (exact) mass is 535 g/mol. The molecule has 6 rings (SSSR count). The van der Waals surface area contributed by atoms with Crippen molar-refractivity contribution in [3.8, 4) is 0 Å². The van der Waals surface area contributed by atoms with Crippen molar-refractivity contribution in [2.75, 3.05) is 44.2 Å². The molecule has 0 aromatic heterocycles. The summed E-state index contributed by atoms with van der Waals surface area (Å²) in [5.74, 6) is -1.01. The summed E-state index contributed by atoms with van der Waals surface area (Å²) in [6, 6.07) is 22.2. The summed E-state index contributed by atoms with van der Waals surface area (Å²) < 4.78 is 46.1. The number of anilines is 1. The summed E-state index contributed by atoms with van der Waals surface area (Å²) in [5, 5.41) is 0. The van der Waals surface area contributed by atoms with Gasteiger partial charge in [-0.25, -0.2) is 0 Å². The Labute approximate surface area is 224 Å². The predicted molar refractivity (Wildman–Crippen MR) is 139 cm³/mol. The standard InChI is InChI=1S/C30H28F3N3O3/c31-30(32,33)22-9-6-10-23(19-22)34-13-15-35(16-14-34)28(38)26-24-11-4-5-12-25(24)27(37)36-17-18-39-29(26,36)20-21-7-2-1-3-8-21/h1-12,19,26H,13-18,20H2/t26-,29-/m1/s1. The van der Waals surface area contributed by atoms with Crippen LogP contribution in [0.1, 0.15) is 33.0 Å². The van der Waals surface area contributed by atoms with Crippen LogP contribution >= 0.6 is 0 Å². The fourth-order valence-electron chi connectivity index (χ4n) is 6.13. The van der Waals surface area contributed by atoms with E-state index < -0.39 is 23.4 Å². The van der Waals surface area contributed by atoms with Gasteiger partial charge < -0.3 is 19.4 Å². The second-order valence-corrected chi connectivity index (χ2v) is 10.2. The summed E-state index contributed by atoms with van der Waals surface area (Å²) >= 11 is 0. The fourth-order valence-corrected chi connectivity index (χ4v) is 6.13. The first-order valence-electron chi connectivity index (χ1n) is 13.1. The Kier molecular flexibility index (Phi) is 6.33. The zero-order valence-electron chi connectivity index (χ0n) is 21.2. The molecular weight excluding hydrogens is 507 g/mol. The molecule has 2 atom stereocenters. The van der Waals surface area contributed by atoms with Crippen molar-refractivity contribution >= 4 is 17.5 Å². The summed E-state index contributed by atoms with van der Waals surface area (Å²) in [6.07, 6.45) is -4.05. The van der Waals surface area contributed by atoms with Crippen LogP contribution in [0.25, 0.3) is 0 Å². The van der Waals surface area contributed by atoms with E-state index in [-0.39, 0.29) is 11.8 Å². The van der Waals surface area contributed by atoms with E-state index in [9.17, 15) is 22.8 Å². The number of halogens is 3. The summed E-state index contributed by atoms with van der Waals surface area (Å²) in [5.41, 5.74) is 0.764. The minimum atomic E-state index is -4.42. The maximum absolute atomic E-state index is 14.3. The number of ether oxygens (including phenoxy) is 1. The van der Waals surface area contributed by atoms with Gasteiger partial charge in [-0.1, -0.05) is 54.6 Å². The third-order valence-electron chi connectivity index (χ3n) is 8.00. The van der Waals surface area contributed by atoms with E-state index in [0.29, 0.717) is 62.6 Å². The molecule has 3 aromatic rings. The van der Waals surface area contributed by atoms with Gasteiger partial charge in [-0.05, 0) is 35.4 Å². The minimum absolute atomic E-state index is 0.138. The van der Waals surface area contributed by atoms with Crippen molar-refractivity contribution in [3.63, 3.8) is 0 Å². The Morgan fingerprint density at radius 2 is 1.62 bits per heavy atom. The highest BCUT2D eigenvalue weighted by Crippen LogP contribution is 2.47. The zero-order valence-corrected chi connectivity index (χ0v) is 21.2. The normalized spacial score (nSPS) is 23.0. The molecule has 2 amide bonds. The number of hydrogen-bond donors (Lipinski definition) is 0. The first-order chi connectivity index (χ1) is 18.8. The number of carbonyl (C=O) groups excluding carboxylic acids is 2. The maximum Gasteiger partial charge on any atom is 0.416 e. The molecule has 2 fully saturated rings. The van der Waals surface area contributed by atoms with Gasteiger partial charge in [-0.2, -0.15) is 13.2 Å². The number of benzene rings is 3. The number of rotatable bonds is 4. The Bertz CT molecular complexity index is 1390. The SMILES string of the molecule is O=C([C@H]1c2ccccc2C(=O)N2CCO[C@]12Cc1ccccc1)N1CCN(c2cccc(C(F)(F)F)c2)CC1. The Balaban J connectivity index is 1.30. The molecule has 0 N–H and O–H groups in total. The highest BCUT2D eigenvalue weighted by Gasteiger charge is 2.59. The molecule has 2 saturated heterocycles. The highest BCUT2D eigenvalue weighted by molar-refractivity contribution is 6.02. The lowest BCUT2D eigenvalue weighted by Gasteiger charge is -2.48. The van der Waals surface area contributed by atoms with Gasteiger partial charge in [0.1, 0.15) is 5.92 Å². The van der Waals surface area contributed by atoms with Crippen LogP contribution in [0.4, 0.5) is 18.9 Å². The van der Waals surface area contributed by atoms with E-state index in [2.05, 4.69) is 0 Å². The van der Waals surface area contributed by atoms with Crippen LogP contribution in [0.2, 0.25) is 0 Å². The second-order valence-electron chi connectivity index (χ2n) is 10.2. The molecule has 0 spiro atoms. The van der Waals surface area contributed by atoms with Gasteiger partial charge in [-0.15, -0.1) is 0 Å². The van der Waals surface area contributed by atoms with Crippen LogP contribution in [0.5, 0.6) is 0 Å². The van der Waals surface area contributed by atoms with Crippen LogP contribution < -0.4 is 4.90 Å². The van der Waals surface area contributed by atoms with Gasteiger partial charge >= 0.3 is 6.18 Å².